The average molecular weight is 290 g/mol. The highest BCUT2D eigenvalue weighted by Crippen LogP contribution is 2.15. The molecular weight excluding hydrogens is 268 g/mol. The summed E-state index contributed by atoms with van der Waals surface area (Å²) in [4.78, 5) is 22.4. The van der Waals surface area contributed by atoms with Crippen molar-refractivity contribution < 1.29 is 4.79 Å². The van der Waals surface area contributed by atoms with Gasteiger partial charge in [-0.1, -0.05) is 0 Å². The lowest BCUT2D eigenvalue weighted by Crippen LogP contribution is -2.39. The van der Waals surface area contributed by atoms with E-state index < -0.39 is 0 Å². The third kappa shape index (κ3) is 3.02. The summed E-state index contributed by atoms with van der Waals surface area (Å²) in [5.41, 5.74) is 8.53. The van der Waals surface area contributed by atoms with Gasteiger partial charge in [0.05, 0.1) is 0 Å². The molecule has 0 saturated carbocycles. The van der Waals surface area contributed by atoms with Gasteiger partial charge in [-0.05, 0) is 32.8 Å². The lowest BCUT2D eigenvalue weighted by atomic mass is 10.1. The highest BCUT2D eigenvalue weighted by Gasteiger charge is 2.17. The van der Waals surface area contributed by atoms with E-state index >= 15 is 0 Å². The smallest absolute Gasteiger partial charge is 0.252 e. The number of rotatable bonds is 5. The van der Waals surface area contributed by atoms with Crippen LogP contribution in [0.1, 0.15) is 30.3 Å². The van der Waals surface area contributed by atoms with Crippen LogP contribution < -0.4 is 5.73 Å². The molecule has 21 heavy (non-hydrogen) atoms. The zero-order chi connectivity index (χ0) is 15.6. The van der Waals surface area contributed by atoms with Crippen LogP contribution in [0.15, 0.2) is 6.33 Å². The highest BCUT2D eigenvalue weighted by molar-refractivity contribution is 5.76. The topological polar surface area (TPSA) is 89.4 Å². The first kappa shape index (κ1) is 15.4. The number of aromatic nitrogens is 4. The minimum absolute atomic E-state index is 0.0515. The number of aryl methyl sites for hydroxylation is 2. The lowest BCUT2D eigenvalue weighted by molar-refractivity contribution is -0.131. The average Bonchev–Trinajstić information content (AvgIpc) is 2.93. The van der Waals surface area contributed by atoms with Crippen molar-refractivity contribution in [2.24, 2.45) is 5.73 Å². The van der Waals surface area contributed by atoms with Crippen molar-refractivity contribution in [2.75, 3.05) is 13.6 Å². The zero-order valence-electron chi connectivity index (χ0n) is 13.0. The molecule has 2 aromatic rings. The second-order valence-electron chi connectivity index (χ2n) is 5.32. The molecule has 7 nitrogen and oxygen atoms in total. The maximum absolute atomic E-state index is 12.2. The number of nitrogens with two attached hydrogens (primary N) is 1. The number of hydrogen-bond donors (Lipinski definition) is 1. The normalized spacial score (nSPS) is 12.6. The molecule has 0 aliphatic heterocycles. The zero-order valence-corrected chi connectivity index (χ0v) is 13.0. The van der Waals surface area contributed by atoms with Crippen LogP contribution in [-0.4, -0.2) is 50.0 Å². The summed E-state index contributed by atoms with van der Waals surface area (Å²) in [6, 6.07) is 0.0515. The van der Waals surface area contributed by atoms with Crippen molar-refractivity contribution >= 4 is 11.7 Å². The standard InChI is InChI=1S/C14H22N6O/c1-9(7-15)19(4)13(21)6-5-12-10(2)18-14-16-8-17-20(14)11(12)3/h8-9H,5-7,15H2,1-4H3. The van der Waals surface area contributed by atoms with Gasteiger partial charge in [-0.3, -0.25) is 4.79 Å². The fraction of sp³-hybridized carbons (Fsp3) is 0.571. The summed E-state index contributed by atoms with van der Waals surface area (Å²) >= 11 is 0. The largest absolute Gasteiger partial charge is 0.342 e. The van der Waals surface area contributed by atoms with Gasteiger partial charge in [0.15, 0.2) is 0 Å². The molecule has 0 spiro atoms. The fourth-order valence-corrected chi connectivity index (χ4v) is 2.33. The molecule has 0 radical (unpaired) electrons. The van der Waals surface area contributed by atoms with Gasteiger partial charge in [-0.2, -0.15) is 10.1 Å². The molecule has 114 valence electrons. The summed E-state index contributed by atoms with van der Waals surface area (Å²) in [5, 5.41) is 4.15. The first-order valence-electron chi connectivity index (χ1n) is 7.07. The molecule has 2 heterocycles. The van der Waals surface area contributed by atoms with Gasteiger partial charge in [-0.25, -0.2) is 9.50 Å². The Kier molecular flexibility index (Phi) is 4.52. The predicted molar refractivity (Wildman–Crippen MR) is 79.9 cm³/mol. The van der Waals surface area contributed by atoms with Crippen LogP contribution in [0.2, 0.25) is 0 Å². The van der Waals surface area contributed by atoms with E-state index in [2.05, 4.69) is 15.1 Å². The number of nitrogens with zero attached hydrogens (tertiary/aromatic N) is 5. The number of carbonyl (C=O) groups excluding carboxylic acids is 1. The van der Waals surface area contributed by atoms with E-state index in [9.17, 15) is 4.79 Å². The van der Waals surface area contributed by atoms with Crippen LogP contribution in [0.4, 0.5) is 0 Å². The Bertz CT molecular complexity index is 650. The summed E-state index contributed by atoms with van der Waals surface area (Å²) in [6.45, 7) is 6.32. The molecule has 1 unspecified atom stereocenters. The molecule has 0 bridgehead atoms. The van der Waals surface area contributed by atoms with Crippen molar-refractivity contribution in [3.05, 3.63) is 23.3 Å². The van der Waals surface area contributed by atoms with Gasteiger partial charge in [0, 0.05) is 37.4 Å². The number of fused-ring (bicyclic) bond motifs is 1. The monoisotopic (exact) mass is 290 g/mol. The van der Waals surface area contributed by atoms with Crippen LogP contribution in [0.3, 0.4) is 0 Å². The molecule has 0 aliphatic rings. The number of hydrogen-bond acceptors (Lipinski definition) is 5. The van der Waals surface area contributed by atoms with E-state index in [1.165, 1.54) is 6.33 Å². The molecule has 2 N–H and O–H groups in total. The molecule has 0 fully saturated rings. The van der Waals surface area contributed by atoms with Crippen molar-refractivity contribution in [1.82, 2.24) is 24.5 Å². The van der Waals surface area contributed by atoms with Crippen LogP contribution in [0.5, 0.6) is 0 Å². The van der Waals surface area contributed by atoms with Crippen molar-refractivity contribution in [3.8, 4) is 0 Å². The van der Waals surface area contributed by atoms with Crippen molar-refractivity contribution in [3.63, 3.8) is 0 Å². The molecule has 0 saturated heterocycles. The summed E-state index contributed by atoms with van der Waals surface area (Å²) in [7, 11) is 1.79. The minimum atomic E-state index is 0.0515. The number of likely N-dealkylation sites (N-methyl/N-ethyl adjacent to an activating group) is 1. The molecular formula is C14H22N6O. The van der Waals surface area contributed by atoms with Crippen LogP contribution >= 0.6 is 0 Å². The molecule has 2 rings (SSSR count). The van der Waals surface area contributed by atoms with Gasteiger partial charge < -0.3 is 10.6 Å². The first-order valence-corrected chi connectivity index (χ1v) is 7.07. The third-order valence-electron chi connectivity index (χ3n) is 3.97. The summed E-state index contributed by atoms with van der Waals surface area (Å²) in [6.07, 6.45) is 2.56. The van der Waals surface area contributed by atoms with Gasteiger partial charge in [-0.15, -0.1) is 0 Å². The predicted octanol–water partition coefficient (Wildman–Crippen LogP) is 0.479. The Morgan fingerprint density at radius 1 is 1.48 bits per heavy atom. The first-order chi connectivity index (χ1) is 9.95. The fourth-order valence-electron chi connectivity index (χ4n) is 2.33. The molecule has 7 heteroatoms. The minimum Gasteiger partial charge on any atom is -0.342 e. The maximum Gasteiger partial charge on any atom is 0.252 e. The molecule has 0 aliphatic carbocycles. The van der Waals surface area contributed by atoms with E-state index in [0.29, 0.717) is 25.2 Å². The molecule has 1 atom stereocenters. The van der Waals surface area contributed by atoms with Crippen LogP contribution in [0.25, 0.3) is 5.78 Å². The molecule has 1 amide bonds. The Labute approximate surface area is 124 Å². The van der Waals surface area contributed by atoms with E-state index in [0.717, 1.165) is 17.0 Å². The highest BCUT2D eigenvalue weighted by atomic mass is 16.2. The third-order valence-corrected chi connectivity index (χ3v) is 3.97. The van der Waals surface area contributed by atoms with Crippen LogP contribution in [0, 0.1) is 13.8 Å². The Morgan fingerprint density at radius 3 is 2.86 bits per heavy atom. The van der Waals surface area contributed by atoms with Gasteiger partial charge >= 0.3 is 0 Å². The Hall–Kier alpha value is -2.02. The summed E-state index contributed by atoms with van der Waals surface area (Å²) in [5.74, 6) is 0.680. The lowest BCUT2D eigenvalue weighted by Gasteiger charge is -2.23. The second-order valence-corrected chi connectivity index (χ2v) is 5.32. The molecule has 0 aromatic carbocycles. The number of amides is 1. The summed E-state index contributed by atoms with van der Waals surface area (Å²) < 4.78 is 1.71. The van der Waals surface area contributed by atoms with Gasteiger partial charge in [0.1, 0.15) is 6.33 Å². The maximum atomic E-state index is 12.2. The number of carbonyl (C=O) groups is 1. The van der Waals surface area contributed by atoms with Gasteiger partial charge in [0.25, 0.3) is 5.78 Å². The Morgan fingerprint density at radius 2 is 2.19 bits per heavy atom. The molecule has 2 aromatic heterocycles. The van der Waals surface area contributed by atoms with Crippen molar-refractivity contribution in [1.29, 1.82) is 0 Å². The van der Waals surface area contributed by atoms with Crippen molar-refractivity contribution in [2.45, 2.75) is 39.7 Å². The SMILES string of the molecule is Cc1nc2ncnn2c(C)c1CCC(=O)N(C)C(C)CN. The quantitative estimate of drug-likeness (QED) is 0.865. The van der Waals surface area contributed by atoms with Crippen LogP contribution in [-0.2, 0) is 11.2 Å². The van der Waals surface area contributed by atoms with E-state index in [4.69, 9.17) is 5.73 Å². The van der Waals surface area contributed by atoms with E-state index in [1.807, 2.05) is 20.8 Å². The van der Waals surface area contributed by atoms with E-state index in [1.54, 1.807) is 16.5 Å². The Balaban J connectivity index is 2.15. The van der Waals surface area contributed by atoms with Gasteiger partial charge in [0.2, 0.25) is 5.91 Å². The second kappa shape index (κ2) is 6.17. The van der Waals surface area contributed by atoms with E-state index in [-0.39, 0.29) is 11.9 Å².